The van der Waals surface area contributed by atoms with E-state index in [0.717, 1.165) is 49.2 Å². The standard InChI is InChI=1S/C16H23N5O/c1-4-7-21(13-5-6-17-10-13)16(22)12-8-14-11(2)19-20(3)15(14)18-9-12/h8-9,13,17H,4-7,10H2,1-3H3. The van der Waals surface area contributed by atoms with Crippen LogP contribution in [0.4, 0.5) is 0 Å². The van der Waals surface area contributed by atoms with Gasteiger partial charge in [-0.25, -0.2) is 4.98 Å². The quantitative estimate of drug-likeness (QED) is 0.929. The van der Waals surface area contributed by atoms with E-state index in [9.17, 15) is 4.79 Å². The number of fused-ring (bicyclic) bond motifs is 1. The van der Waals surface area contributed by atoms with Gasteiger partial charge in [-0.2, -0.15) is 5.10 Å². The van der Waals surface area contributed by atoms with Crippen LogP contribution in [-0.4, -0.2) is 51.2 Å². The molecule has 1 atom stereocenters. The van der Waals surface area contributed by atoms with Crippen LogP contribution >= 0.6 is 0 Å². The zero-order valence-electron chi connectivity index (χ0n) is 13.5. The van der Waals surface area contributed by atoms with Gasteiger partial charge in [-0.3, -0.25) is 9.48 Å². The van der Waals surface area contributed by atoms with E-state index < -0.39 is 0 Å². The van der Waals surface area contributed by atoms with E-state index in [1.165, 1.54) is 0 Å². The Hall–Kier alpha value is -1.95. The molecule has 6 heteroatoms. The molecule has 2 aromatic rings. The Labute approximate surface area is 130 Å². The number of carbonyl (C=O) groups is 1. The van der Waals surface area contributed by atoms with E-state index in [2.05, 4.69) is 22.3 Å². The highest BCUT2D eigenvalue weighted by Crippen LogP contribution is 2.19. The summed E-state index contributed by atoms with van der Waals surface area (Å²) in [6, 6.07) is 2.22. The fourth-order valence-corrected chi connectivity index (χ4v) is 3.19. The van der Waals surface area contributed by atoms with E-state index in [1.54, 1.807) is 10.9 Å². The topological polar surface area (TPSA) is 63.1 Å². The lowest BCUT2D eigenvalue weighted by Crippen LogP contribution is -2.42. The maximum Gasteiger partial charge on any atom is 0.255 e. The van der Waals surface area contributed by atoms with E-state index in [0.29, 0.717) is 5.56 Å². The number of pyridine rings is 1. The molecule has 0 saturated carbocycles. The fourth-order valence-electron chi connectivity index (χ4n) is 3.19. The molecule has 1 amide bonds. The van der Waals surface area contributed by atoms with Gasteiger partial charge in [0.2, 0.25) is 0 Å². The molecule has 1 aliphatic rings. The van der Waals surface area contributed by atoms with E-state index in [4.69, 9.17) is 0 Å². The molecule has 0 bridgehead atoms. The summed E-state index contributed by atoms with van der Waals surface area (Å²) in [5.74, 6) is 0.0770. The molecule has 3 rings (SSSR count). The lowest BCUT2D eigenvalue weighted by Gasteiger charge is -2.28. The van der Waals surface area contributed by atoms with Crippen LogP contribution < -0.4 is 5.32 Å². The molecule has 0 aromatic carbocycles. The van der Waals surface area contributed by atoms with Gasteiger partial charge in [-0.1, -0.05) is 6.92 Å². The molecule has 1 N–H and O–H groups in total. The smallest absolute Gasteiger partial charge is 0.255 e. The first-order chi connectivity index (χ1) is 10.6. The normalized spacial score (nSPS) is 18.0. The SMILES string of the molecule is CCCN(C(=O)c1cnc2c(c1)c(C)nn2C)C1CCNC1. The number of hydrogen-bond acceptors (Lipinski definition) is 4. The summed E-state index contributed by atoms with van der Waals surface area (Å²) in [5, 5.41) is 8.66. The molecule has 1 unspecified atom stereocenters. The van der Waals surface area contributed by atoms with Gasteiger partial charge in [0.15, 0.2) is 5.65 Å². The van der Waals surface area contributed by atoms with Crippen molar-refractivity contribution < 1.29 is 4.79 Å². The van der Waals surface area contributed by atoms with Crippen LogP contribution in [0.2, 0.25) is 0 Å². The van der Waals surface area contributed by atoms with Crippen molar-refractivity contribution in [1.29, 1.82) is 0 Å². The van der Waals surface area contributed by atoms with Crippen LogP contribution in [0.3, 0.4) is 0 Å². The third-order valence-electron chi connectivity index (χ3n) is 4.31. The molecule has 0 aliphatic carbocycles. The third-order valence-corrected chi connectivity index (χ3v) is 4.31. The number of nitrogens with zero attached hydrogens (tertiary/aromatic N) is 4. The Kier molecular flexibility index (Phi) is 4.11. The summed E-state index contributed by atoms with van der Waals surface area (Å²) in [6.45, 7) is 6.71. The first-order valence-corrected chi connectivity index (χ1v) is 7.93. The minimum Gasteiger partial charge on any atom is -0.334 e. The molecular weight excluding hydrogens is 278 g/mol. The molecule has 2 aromatic heterocycles. The van der Waals surface area contributed by atoms with E-state index in [1.807, 2.05) is 24.9 Å². The minimum atomic E-state index is 0.0770. The first-order valence-electron chi connectivity index (χ1n) is 7.93. The van der Waals surface area contributed by atoms with Crippen LogP contribution in [0.5, 0.6) is 0 Å². The van der Waals surface area contributed by atoms with Gasteiger partial charge in [-0.15, -0.1) is 0 Å². The van der Waals surface area contributed by atoms with Crippen molar-refractivity contribution in [2.75, 3.05) is 19.6 Å². The Morgan fingerprint density at radius 1 is 1.55 bits per heavy atom. The lowest BCUT2D eigenvalue weighted by atomic mass is 10.1. The molecule has 0 spiro atoms. The molecule has 22 heavy (non-hydrogen) atoms. The summed E-state index contributed by atoms with van der Waals surface area (Å²) < 4.78 is 1.75. The maximum atomic E-state index is 12.9. The van der Waals surface area contributed by atoms with Crippen molar-refractivity contribution in [3.05, 3.63) is 23.5 Å². The Morgan fingerprint density at radius 2 is 2.36 bits per heavy atom. The number of rotatable bonds is 4. The van der Waals surface area contributed by atoms with Crippen LogP contribution in [0, 0.1) is 6.92 Å². The van der Waals surface area contributed by atoms with Gasteiger partial charge in [-0.05, 0) is 32.4 Å². The van der Waals surface area contributed by atoms with Gasteiger partial charge in [0.05, 0.1) is 11.3 Å². The monoisotopic (exact) mass is 301 g/mol. The molecule has 3 heterocycles. The average molecular weight is 301 g/mol. The zero-order valence-corrected chi connectivity index (χ0v) is 13.5. The highest BCUT2D eigenvalue weighted by molar-refractivity contribution is 5.97. The number of carbonyl (C=O) groups excluding carboxylic acids is 1. The number of nitrogens with one attached hydrogen (secondary N) is 1. The highest BCUT2D eigenvalue weighted by Gasteiger charge is 2.27. The minimum absolute atomic E-state index is 0.0770. The van der Waals surface area contributed by atoms with E-state index >= 15 is 0 Å². The van der Waals surface area contributed by atoms with Crippen molar-refractivity contribution >= 4 is 16.9 Å². The maximum absolute atomic E-state index is 12.9. The first kappa shape index (κ1) is 15.0. The van der Waals surface area contributed by atoms with Crippen molar-refractivity contribution in [3.63, 3.8) is 0 Å². The molecule has 6 nitrogen and oxygen atoms in total. The Morgan fingerprint density at radius 3 is 3.05 bits per heavy atom. The summed E-state index contributed by atoms with van der Waals surface area (Å²) >= 11 is 0. The van der Waals surface area contributed by atoms with Crippen molar-refractivity contribution in [3.8, 4) is 0 Å². The van der Waals surface area contributed by atoms with Crippen LogP contribution in [0.15, 0.2) is 12.3 Å². The van der Waals surface area contributed by atoms with Gasteiger partial charge >= 0.3 is 0 Å². The second-order valence-electron chi connectivity index (χ2n) is 5.95. The van der Waals surface area contributed by atoms with E-state index in [-0.39, 0.29) is 11.9 Å². The Balaban J connectivity index is 1.93. The van der Waals surface area contributed by atoms with Gasteiger partial charge < -0.3 is 10.2 Å². The van der Waals surface area contributed by atoms with Crippen molar-refractivity contribution in [1.82, 2.24) is 25.0 Å². The lowest BCUT2D eigenvalue weighted by molar-refractivity contribution is 0.0692. The molecular formula is C16H23N5O. The highest BCUT2D eigenvalue weighted by atomic mass is 16.2. The van der Waals surface area contributed by atoms with Crippen molar-refractivity contribution in [2.24, 2.45) is 7.05 Å². The second-order valence-corrected chi connectivity index (χ2v) is 5.95. The second kappa shape index (κ2) is 6.04. The van der Waals surface area contributed by atoms with Crippen LogP contribution in [0.1, 0.15) is 35.8 Å². The molecule has 118 valence electrons. The summed E-state index contributed by atoms with van der Waals surface area (Å²) in [7, 11) is 1.87. The molecule has 1 fully saturated rings. The summed E-state index contributed by atoms with van der Waals surface area (Å²) in [6.07, 6.45) is 3.66. The fraction of sp³-hybridized carbons (Fsp3) is 0.562. The summed E-state index contributed by atoms with van der Waals surface area (Å²) in [4.78, 5) is 19.3. The summed E-state index contributed by atoms with van der Waals surface area (Å²) in [5.41, 5.74) is 2.38. The Bertz CT molecular complexity index is 687. The van der Waals surface area contributed by atoms with Crippen LogP contribution in [0.25, 0.3) is 11.0 Å². The zero-order chi connectivity index (χ0) is 15.7. The average Bonchev–Trinajstić information content (AvgIpc) is 3.13. The number of aromatic nitrogens is 3. The predicted molar refractivity (Wildman–Crippen MR) is 85.8 cm³/mol. The van der Waals surface area contributed by atoms with Crippen molar-refractivity contribution in [2.45, 2.75) is 32.7 Å². The molecule has 1 aliphatic heterocycles. The van der Waals surface area contributed by atoms with Gasteiger partial charge in [0.25, 0.3) is 5.91 Å². The van der Waals surface area contributed by atoms with Gasteiger partial charge in [0, 0.05) is 37.8 Å². The van der Waals surface area contributed by atoms with Crippen LogP contribution in [-0.2, 0) is 7.05 Å². The molecule has 1 saturated heterocycles. The number of hydrogen-bond donors (Lipinski definition) is 1. The third kappa shape index (κ3) is 2.59. The predicted octanol–water partition coefficient (Wildman–Crippen LogP) is 1.49. The number of aryl methyl sites for hydroxylation is 2. The largest absolute Gasteiger partial charge is 0.334 e. The van der Waals surface area contributed by atoms with Gasteiger partial charge in [0.1, 0.15) is 0 Å². The molecule has 0 radical (unpaired) electrons. The number of amides is 1.